The predicted octanol–water partition coefficient (Wildman–Crippen LogP) is 5.34. The van der Waals surface area contributed by atoms with Crippen LogP contribution in [0.2, 0.25) is 0 Å². The minimum absolute atomic E-state index is 0.0133. The number of unbranched alkanes of at least 4 members (excludes halogenated alkanes) is 5. The van der Waals surface area contributed by atoms with Crippen molar-refractivity contribution in [3.05, 3.63) is 24.3 Å². The van der Waals surface area contributed by atoms with E-state index in [0.29, 0.717) is 6.42 Å². The second-order valence-corrected chi connectivity index (χ2v) is 5.61. The molecule has 0 aromatic carbocycles. The molecule has 114 valence electrons. The van der Waals surface area contributed by atoms with Crippen molar-refractivity contribution < 1.29 is 9.53 Å². The molecule has 1 atom stereocenters. The van der Waals surface area contributed by atoms with Crippen LogP contribution in [-0.4, -0.2) is 12.1 Å². The smallest absolute Gasteiger partial charge is 0.306 e. The van der Waals surface area contributed by atoms with Gasteiger partial charge in [-0.3, -0.25) is 4.79 Å². The lowest BCUT2D eigenvalue weighted by Crippen LogP contribution is -2.05. The fourth-order valence-corrected chi connectivity index (χ4v) is 2.44. The summed E-state index contributed by atoms with van der Waals surface area (Å²) >= 11 is 0. The summed E-state index contributed by atoms with van der Waals surface area (Å²) in [4.78, 5) is 10.9. The zero-order valence-electron chi connectivity index (χ0n) is 13.0. The Kier molecular flexibility index (Phi) is 9.99. The van der Waals surface area contributed by atoms with Gasteiger partial charge in [0.15, 0.2) is 0 Å². The van der Waals surface area contributed by atoms with E-state index >= 15 is 0 Å². The molecule has 2 heteroatoms. The fourth-order valence-electron chi connectivity index (χ4n) is 2.44. The summed E-state index contributed by atoms with van der Waals surface area (Å²) in [5.41, 5.74) is 0. The van der Waals surface area contributed by atoms with Crippen LogP contribution in [0.15, 0.2) is 24.3 Å². The molecule has 0 aromatic rings. The van der Waals surface area contributed by atoms with Crippen molar-refractivity contribution >= 4 is 5.97 Å². The first-order valence-corrected chi connectivity index (χ1v) is 8.32. The highest BCUT2D eigenvalue weighted by Crippen LogP contribution is 2.19. The number of carbonyl (C=O) groups is 1. The maximum Gasteiger partial charge on any atom is 0.306 e. The summed E-state index contributed by atoms with van der Waals surface area (Å²) < 4.78 is 5.20. The first-order chi connectivity index (χ1) is 9.83. The van der Waals surface area contributed by atoms with Crippen LogP contribution in [0.3, 0.4) is 0 Å². The Morgan fingerprint density at radius 3 is 2.35 bits per heavy atom. The molecule has 0 saturated carbocycles. The molecular formula is C18H30O2. The summed E-state index contributed by atoms with van der Waals surface area (Å²) in [5, 5.41) is 0. The number of hydrogen-bond acceptors (Lipinski definition) is 2. The van der Waals surface area contributed by atoms with Gasteiger partial charge in [0.05, 0.1) is 0 Å². The molecule has 1 aliphatic rings. The SMILES string of the molecule is CCCCC/C=C\C/C=C\CCCCC1CCC(=O)O1. The van der Waals surface area contributed by atoms with Gasteiger partial charge < -0.3 is 4.74 Å². The van der Waals surface area contributed by atoms with Crippen LogP contribution in [0.5, 0.6) is 0 Å². The number of cyclic esters (lactones) is 1. The first kappa shape index (κ1) is 17.0. The van der Waals surface area contributed by atoms with Crippen LogP contribution < -0.4 is 0 Å². The van der Waals surface area contributed by atoms with Crippen molar-refractivity contribution in [2.24, 2.45) is 0 Å². The summed E-state index contributed by atoms with van der Waals surface area (Å²) in [5.74, 6) is -0.0133. The molecule has 0 aliphatic carbocycles. The van der Waals surface area contributed by atoms with Crippen molar-refractivity contribution in [2.75, 3.05) is 0 Å². The molecule has 0 spiro atoms. The fraction of sp³-hybridized carbons (Fsp3) is 0.722. The lowest BCUT2D eigenvalue weighted by atomic mass is 10.1. The molecule has 1 saturated heterocycles. The molecule has 0 N–H and O–H groups in total. The topological polar surface area (TPSA) is 26.3 Å². The second-order valence-electron chi connectivity index (χ2n) is 5.61. The maximum absolute atomic E-state index is 10.9. The van der Waals surface area contributed by atoms with Crippen molar-refractivity contribution in [3.63, 3.8) is 0 Å². The molecular weight excluding hydrogens is 248 g/mol. The number of allylic oxidation sites excluding steroid dienone is 4. The number of esters is 1. The molecule has 1 rings (SSSR count). The van der Waals surface area contributed by atoms with E-state index in [1.807, 2.05) is 0 Å². The van der Waals surface area contributed by atoms with Gasteiger partial charge in [-0.1, -0.05) is 44.1 Å². The van der Waals surface area contributed by atoms with Crippen molar-refractivity contribution in [1.82, 2.24) is 0 Å². The largest absolute Gasteiger partial charge is 0.462 e. The van der Waals surface area contributed by atoms with E-state index in [1.54, 1.807) is 0 Å². The van der Waals surface area contributed by atoms with Crippen LogP contribution in [0, 0.1) is 0 Å². The molecule has 2 nitrogen and oxygen atoms in total. The van der Waals surface area contributed by atoms with Gasteiger partial charge in [-0.2, -0.15) is 0 Å². The summed E-state index contributed by atoms with van der Waals surface area (Å²) in [6, 6.07) is 0. The molecule has 0 amide bonds. The first-order valence-electron chi connectivity index (χ1n) is 8.32. The molecule has 0 radical (unpaired) electrons. The molecule has 0 aromatic heterocycles. The molecule has 0 bridgehead atoms. The van der Waals surface area contributed by atoms with Gasteiger partial charge in [0.25, 0.3) is 0 Å². The van der Waals surface area contributed by atoms with E-state index in [-0.39, 0.29) is 12.1 Å². The van der Waals surface area contributed by atoms with Gasteiger partial charge in [-0.15, -0.1) is 0 Å². The third-order valence-corrected chi connectivity index (χ3v) is 3.70. The Morgan fingerprint density at radius 2 is 1.75 bits per heavy atom. The predicted molar refractivity (Wildman–Crippen MR) is 84.6 cm³/mol. The van der Waals surface area contributed by atoms with Crippen molar-refractivity contribution in [2.45, 2.75) is 83.7 Å². The summed E-state index contributed by atoms with van der Waals surface area (Å²) in [7, 11) is 0. The Bertz CT molecular complexity index is 305. The van der Waals surface area contributed by atoms with Gasteiger partial charge in [0.2, 0.25) is 0 Å². The van der Waals surface area contributed by atoms with Crippen LogP contribution in [0.25, 0.3) is 0 Å². The van der Waals surface area contributed by atoms with Crippen LogP contribution in [0.1, 0.15) is 77.6 Å². The number of rotatable bonds is 11. The van der Waals surface area contributed by atoms with E-state index in [2.05, 4.69) is 31.2 Å². The Balaban J connectivity index is 1.85. The van der Waals surface area contributed by atoms with Crippen molar-refractivity contribution in [3.8, 4) is 0 Å². The van der Waals surface area contributed by atoms with Crippen molar-refractivity contribution in [1.29, 1.82) is 0 Å². The van der Waals surface area contributed by atoms with Gasteiger partial charge in [0.1, 0.15) is 6.10 Å². The van der Waals surface area contributed by atoms with Gasteiger partial charge in [0, 0.05) is 6.42 Å². The van der Waals surface area contributed by atoms with Gasteiger partial charge in [-0.25, -0.2) is 0 Å². The van der Waals surface area contributed by atoms with E-state index in [0.717, 1.165) is 32.1 Å². The van der Waals surface area contributed by atoms with E-state index < -0.39 is 0 Å². The third kappa shape index (κ3) is 8.95. The molecule has 20 heavy (non-hydrogen) atoms. The number of carbonyl (C=O) groups excluding carboxylic acids is 1. The maximum atomic E-state index is 10.9. The molecule has 1 unspecified atom stereocenters. The third-order valence-electron chi connectivity index (χ3n) is 3.70. The lowest BCUT2D eigenvalue weighted by molar-refractivity contribution is -0.141. The van der Waals surface area contributed by atoms with E-state index in [4.69, 9.17) is 4.74 Å². The van der Waals surface area contributed by atoms with Gasteiger partial charge >= 0.3 is 5.97 Å². The van der Waals surface area contributed by atoms with Crippen LogP contribution >= 0.6 is 0 Å². The number of hydrogen-bond donors (Lipinski definition) is 0. The van der Waals surface area contributed by atoms with Gasteiger partial charge in [-0.05, 0) is 51.4 Å². The number of ether oxygens (including phenoxy) is 1. The summed E-state index contributed by atoms with van der Waals surface area (Å²) in [6.07, 6.45) is 21.6. The molecule has 1 fully saturated rings. The van der Waals surface area contributed by atoms with Crippen LogP contribution in [-0.2, 0) is 9.53 Å². The Labute approximate surface area is 124 Å². The molecule has 1 heterocycles. The highest BCUT2D eigenvalue weighted by Gasteiger charge is 2.22. The standard InChI is InChI=1S/C18H30O2/c1-2-3-4-5-6-7-8-9-10-11-12-13-14-17-15-16-18(19)20-17/h6-7,9-10,17H,2-5,8,11-16H2,1H3/b7-6-,10-9-. The minimum Gasteiger partial charge on any atom is -0.462 e. The van der Waals surface area contributed by atoms with E-state index in [9.17, 15) is 4.79 Å². The second kappa shape index (κ2) is 11.7. The minimum atomic E-state index is -0.0133. The Morgan fingerprint density at radius 1 is 1.05 bits per heavy atom. The quantitative estimate of drug-likeness (QED) is 0.290. The molecule has 1 aliphatic heterocycles. The average molecular weight is 278 g/mol. The van der Waals surface area contributed by atoms with E-state index in [1.165, 1.54) is 32.1 Å². The zero-order chi connectivity index (χ0) is 14.5. The lowest BCUT2D eigenvalue weighted by Gasteiger charge is -2.07. The average Bonchev–Trinajstić information content (AvgIpc) is 2.86. The monoisotopic (exact) mass is 278 g/mol. The van der Waals surface area contributed by atoms with Crippen LogP contribution in [0.4, 0.5) is 0 Å². The highest BCUT2D eigenvalue weighted by molar-refractivity contribution is 5.71. The zero-order valence-corrected chi connectivity index (χ0v) is 13.0. The summed E-state index contributed by atoms with van der Waals surface area (Å²) in [6.45, 7) is 2.24. The Hall–Kier alpha value is -1.05. The highest BCUT2D eigenvalue weighted by atomic mass is 16.5. The normalized spacial score (nSPS) is 19.2.